The largest absolute Gasteiger partial charge is 0.393 e. The molecule has 0 aliphatic rings. The van der Waals surface area contributed by atoms with Crippen molar-refractivity contribution in [2.24, 2.45) is 0 Å². The second kappa shape index (κ2) is 4.89. The van der Waals surface area contributed by atoms with Crippen molar-refractivity contribution in [1.29, 1.82) is 0 Å². The van der Waals surface area contributed by atoms with E-state index in [0.29, 0.717) is 11.5 Å². The lowest BCUT2D eigenvalue weighted by Gasteiger charge is -2.09. The molecule has 0 atom stereocenters. The Balaban J connectivity index is 2.31. The summed E-state index contributed by atoms with van der Waals surface area (Å²) in [6.45, 7) is 2.01. The summed E-state index contributed by atoms with van der Waals surface area (Å²) < 4.78 is 1.05. The van der Waals surface area contributed by atoms with Crippen LogP contribution in [0.1, 0.15) is 5.56 Å². The first-order valence-corrected chi connectivity index (χ1v) is 6.04. The smallest absolute Gasteiger partial charge is 0.158 e. The molecular weight excluding hydrogens is 304 g/mol. The van der Waals surface area contributed by atoms with E-state index in [2.05, 4.69) is 31.2 Å². The predicted octanol–water partition coefficient (Wildman–Crippen LogP) is 3.53. The van der Waals surface area contributed by atoms with Crippen LogP contribution < -0.4 is 11.1 Å². The first-order chi connectivity index (χ1) is 8.08. The zero-order chi connectivity index (χ0) is 12.4. The van der Waals surface area contributed by atoms with Crippen molar-refractivity contribution in [3.05, 3.63) is 39.7 Å². The van der Waals surface area contributed by atoms with E-state index in [0.717, 1.165) is 15.7 Å². The van der Waals surface area contributed by atoms with Crippen LogP contribution in [-0.4, -0.2) is 9.97 Å². The number of aryl methyl sites for hydroxylation is 1. The minimum absolute atomic E-state index is 0.247. The Morgan fingerprint density at radius 1 is 1.35 bits per heavy atom. The molecule has 88 valence electrons. The fraction of sp³-hybridized carbons (Fsp3) is 0.0909. The van der Waals surface area contributed by atoms with Gasteiger partial charge in [0, 0.05) is 10.2 Å². The van der Waals surface area contributed by atoms with Crippen molar-refractivity contribution < 1.29 is 0 Å². The van der Waals surface area contributed by atoms with Gasteiger partial charge in [0.05, 0.1) is 0 Å². The maximum absolute atomic E-state index is 5.81. The lowest BCUT2D eigenvalue weighted by Crippen LogP contribution is -2.01. The molecule has 6 heteroatoms. The molecule has 0 aliphatic carbocycles. The number of hydrogen-bond donors (Lipinski definition) is 2. The third-order valence-electron chi connectivity index (χ3n) is 2.26. The number of rotatable bonds is 2. The lowest BCUT2D eigenvalue weighted by molar-refractivity contribution is 1.17. The summed E-state index contributed by atoms with van der Waals surface area (Å²) in [6.07, 6.45) is 1.37. The van der Waals surface area contributed by atoms with Gasteiger partial charge in [0.25, 0.3) is 0 Å². The van der Waals surface area contributed by atoms with Crippen LogP contribution in [-0.2, 0) is 0 Å². The van der Waals surface area contributed by atoms with Crippen molar-refractivity contribution in [1.82, 2.24) is 9.97 Å². The summed E-state index contributed by atoms with van der Waals surface area (Å²) in [5, 5.41) is 3.35. The van der Waals surface area contributed by atoms with Gasteiger partial charge in [-0.15, -0.1) is 0 Å². The third kappa shape index (κ3) is 2.68. The molecule has 17 heavy (non-hydrogen) atoms. The molecule has 0 bridgehead atoms. The van der Waals surface area contributed by atoms with E-state index in [1.54, 1.807) is 0 Å². The molecule has 1 aromatic carbocycles. The predicted molar refractivity (Wildman–Crippen MR) is 73.6 cm³/mol. The van der Waals surface area contributed by atoms with Crippen LogP contribution in [0.5, 0.6) is 0 Å². The normalized spacial score (nSPS) is 10.3. The molecule has 0 spiro atoms. The van der Waals surface area contributed by atoms with Crippen molar-refractivity contribution in [3.8, 4) is 0 Å². The van der Waals surface area contributed by atoms with Gasteiger partial charge in [0.1, 0.15) is 12.0 Å². The van der Waals surface area contributed by atoms with Crippen molar-refractivity contribution in [2.45, 2.75) is 6.92 Å². The highest BCUT2D eigenvalue weighted by Gasteiger charge is 2.06. The van der Waals surface area contributed by atoms with Crippen LogP contribution in [0.15, 0.2) is 29.0 Å². The summed E-state index contributed by atoms with van der Waals surface area (Å²) in [5.41, 5.74) is 8.13. The summed E-state index contributed by atoms with van der Waals surface area (Å²) in [5.74, 6) is 0.506. The van der Waals surface area contributed by atoms with E-state index < -0.39 is 0 Å². The fourth-order valence-corrected chi connectivity index (χ4v) is 1.71. The zero-order valence-electron chi connectivity index (χ0n) is 9.04. The number of halogens is 2. The maximum atomic E-state index is 5.81. The first-order valence-electron chi connectivity index (χ1n) is 4.87. The van der Waals surface area contributed by atoms with Gasteiger partial charge in [-0.05, 0) is 30.7 Å². The topological polar surface area (TPSA) is 63.8 Å². The minimum atomic E-state index is 0.247. The molecule has 1 heterocycles. The van der Waals surface area contributed by atoms with Crippen LogP contribution in [0.2, 0.25) is 5.15 Å². The second-order valence-electron chi connectivity index (χ2n) is 3.52. The van der Waals surface area contributed by atoms with Gasteiger partial charge in [0.15, 0.2) is 11.0 Å². The molecule has 4 nitrogen and oxygen atoms in total. The minimum Gasteiger partial charge on any atom is -0.393 e. The number of aromatic nitrogens is 2. The van der Waals surface area contributed by atoms with Gasteiger partial charge in [-0.2, -0.15) is 0 Å². The van der Waals surface area contributed by atoms with E-state index in [-0.39, 0.29) is 5.15 Å². The fourth-order valence-electron chi connectivity index (χ4n) is 1.33. The van der Waals surface area contributed by atoms with Crippen LogP contribution in [0.3, 0.4) is 0 Å². The van der Waals surface area contributed by atoms with Crippen molar-refractivity contribution in [2.75, 3.05) is 11.1 Å². The van der Waals surface area contributed by atoms with Crippen LogP contribution in [0.4, 0.5) is 17.2 Å². The number of nitrogens with two attached hydrogens (primary N) is 1. The number of hydrogen-bond acceptors (Lipinski definition) is 4. The van der Waals surface area contributed by atoms with Crippen LogP contribution >= 0.6 is 27.5 Å². The second-order valence-corrected chi connectivity index (χ2v) is 4.73. The molecule has 3 N–H and O–H groups in total. The number of nitrogens with zero attached hydrogens (tertiary/aromatic N) is 2. The molecule has 0 saturated heterocycles. The monoisotopic (exact) mass is 312 g/mol. The van der Waals surface area contributed by atoms with Gasteiger partial charge >= 0.3 is 0 Å². The van der Waals surface area contributed by atoms with Crippen molar-refractivity contribution >= 4 is 44.7 Å². The molecule has 1 aromatic heterocycles. The van der Waals surface area contributed by atoms with E-state index in [9.17, 15) is 0 Å². The Morgan fingerprint density at radius 3 is 2.82 bits per heavy atom. The molecule has 0 amide bonds. The highest BCUT2D eigenvalue weighted by atomic mass is 79.9. The quantitative estimate of drug-likeness (QED) is 0.833. The van der Waals surface area contributed by atoms with Gasteiger partial charge in [0.2, 0.25) is 0 Å². The highest BCUT2D eigenvalue weighted by Crippen LogP contribution is 2.27. The van der Waals surface area contributed by atoms with Gasteiger partial charge in [-0.25, -0.2) is 9.97 Å². The molecule has 0 aliphatic heterocycles. The van der Waals surface area contributed by atoms with E-state index >= 15 is 0 Å². The van der Waals surface area contributed by atoms with E-state index in [1.165, 1.54) is 6.33 Å². The molecular formula is C11H10BrClN4. The molecule has 0 unspecified atom stereocenters. The number of benzene rings is 1. The highest BCUT2D eigenvalue weighted by molar-refractivity contribution is 9.10. The van der Waals surface area contributed by atoms with Crippen LogP contribution in [0, 0.1) is 6.92 Å². The maximum Gasteiger partial charge on any atom is 0.158 e. The van der Waals surface area contributed by atoms with E-state index in [4.69, 9.17) is 17.3 Å². The summed E-state index contributed by atoms with van der Waals surface area (Å²) in [4.78, 5) is 7.84. The van der Waals surface area contributed by atoms with E-state index in [1.807, 2.05) is 25.1 Å². The average Bonchev–Trinajstić information content (AvgIpc) is 2.30. The number of nitrogens with one attached hydrogen (secondary N) is 1. The summed E-state index contributed by atoms with van der Waals surface area (Å²) in [7, 11) is 0. The van der Waals surface area contributed by atoms with Gasteiger partial charge < -0.3 is 11.1 Å². The van der Waals surface area contributed by atoms with Gasteiger partial charge in [-0.1, -0.05) is 27.5 Å². The number of anilines is 3. The summed E-state index contributed by atoms with van der Waals surface area (Å²) in [6, 6.07) is 5.86. The lowest BCUT2D eigenvalue weighted by atomic mass is 10.2. The SMILES string of the molecule is Cc1cc(Nc2ncnc(Cl)c2N)ccc1Br. The Labute approximate surface area is 112 Å². The molecule has 0 radical (unpaired) electrons. The molecule has 2 rings (SSSR count). The molecule has 0 fully saturated rings. The first kappa shape index (κ1) is 12.1. The Bertz CT molecular complexity index is 559. The Kier molecular flexibility index (Phi) is 3.49. The molecule has 2 aromatic rings. The Hall–Kier alpha value is -1.33. The standard InChI is InChI=1S/C11H10BrClN4/c1-6-4-7(2-3-8(6)12)17-11-9(14)10(13)15-5-16-11/h2-5H,14H2,1H3,(H,15,16,17). The number of nitrogen functional groups attached to an aromatic ring is 1. The Morgan fingerprint density at radius 2 is 2.12 bits per heavy atom. The molecule has 0 saturated carbocycles. The third-order valence-corrected chi connectivity index (χ3v) is 3.45. The zero-order valence-corrected chi connectivity index (χ0v) is 11.4. The average molecular weight is 314 g/mol. The summed E-state index contributed by atoms with van der Waals surface area (Å²) >= 11 is 9.25. The van der Waals surface area contributed by atoms with Gasteiger partial charge in [-0.3, -0.25) is 0 Å². The van der Waals surface area contributed by atoms with Crippen LogP contribution in [0.25, 0.3) is 0 Å². The van der Waals surface area contributed by atoms with Crippen molar-refractivity contribution in [3.63, 3.8) is 0 Å².